The van der Waals surface area contributed by atoms with Gasteiger partial charge in [0.2, 0.25) is 5.91 Å². The van der Waals surface area contributed by atoms with E-state index in [9.17, 15) is 9.59 Å². The third-order valence-electron chi connectivity index (χ3n) is 4.65. The molecule has 0 aliphatic rings. The van der Waals surface area contributed by atoms with Crippen LogP contribution in [0.3, 0.4) is 0 Å². The summed E-state index contributed by atoms with van der Waals surface area (Å²) in [7, 11) is 3.12. The highest BCUT2D eigenvalue weighted by molar-refractivity contribution is 5.88. The van der Waals surface area contributed by atoms with Crippen LogP contribution in [0.1, 0.15) is 24.5 Å². The monoisotopic (exact) mass is 384 g/mol. The molecule has 6 heteroatoms. The molecule has 2 aromatic rings. The summed E-state index contributed by atoms with van der Waals surface area (Å²) in [6.45, 7) is 4.04. The lowest BCUT2D eigenvalue weighted by molar-refractivity contribution is -0.142. The minimum absolute atomic E-state index is 0.181. The van der Waals surface area contributed by atoms with Crippen molar-refractivity contribution < 1.29 is 19.1 Å². The first kappa shape index (κ1) is 21.3. The van der Waals surface area contributed by atoms with Crippen molar-refractivity contribution in [1.29, 1.82) is 0 Å². The fourth-order valence-electron chi connectivity index (χ4n) is 3.02. The Hall–Kier alpha value is -3.02. The van der Waals surface area contributed by atoms with E-state index < -0.39 is 6.04 Å². The number of nitrogens with one attached hydrogen (secondary N) is 1. The number of carbonyl (C=O) groups excluding carboxylic acids is 2. The van der Waals surface area contributed by atoms with Crippen LogP contribution in [0.25, 0.3) is 0 Å². The largest absolute Gasteiger partial charge is 0.493 e. The molecule has 0 aliphatic heterocycles. The predicted molar refractivity (Wildman–Crippen MR) is 108 cm³/mol. The number of hydrogen-bond acceptors (Lipinski definition) is 4. The van der Waals surface area contributed by atoms with Gasteiger partial charge in [-0.25, -0.2) is 0 Å². The van der Waals surface area contributed by atoms with E-state index in [0.717, 1.165) is 11.1 Å². The number of carbonyl (C=O) groups is 2. The zero-order valence-corrected chi connectivity index (χ0v) is 16.9. The number of para-hydroxylation sites is 2. The maximum absolute atomic E-state index is 13.0. The summed E-state index contributed by atoms with van der Waals surface area (Å²) < 4.78 is 11.0. The van der Waals surface area contributed by atoms with Gasteiger partial charge >= 0.3 is 0 Å². The highest BCUT2D eigenvalue weighted by Gasteiger charge is 2.28. The standard InChI is InChI=1S/C22H28N2O4/c1-5-18(22(26)23-3)24(14-17-11-7-6-10-16(17)2)21(25)15-28-20-13-9-8-12-19(20)27-4/h6-13,18H,5,14-15H2,1-4H3,(H,23,26)/t18-/m1/s1. The van der Waals surface area contributed by atoms with Crippen LogP contribution in [0, 0.1) is 6.92 Å². The molecule has 2 amide bonds. The van der Waals surface area contributed by atoms with Gasteiger partial charge in [-0.1, -0.05) is 43.3 Å². The number of hydrogen-bond donors (Lipinski definition) is 1. The van der Waals surface area contributed by atoms with Gasteiger partial charge < -0.3 is 19.7 Å². The Morgan fingerprint density at radius 2 is 1.71 bits per heavy atom. The van der Waals surface area contributed by atoms with Crippen molar-refractivity contribution >= 4 is 11.8 Å². The SMILES string of the molecule is CC[C@H](C(=O)NC)N(Cc1ccccc1C)C(=O)COc1ccccc1OC. The highest BCUT2D eigenvalue weighted by Crippen LogP contribution is 2.26. The lowest BCUT2D eigenvalue weighted by Crippen LogP contribution is -2.49. The number of rotatable bonds is 9. The van der Waals surface area contributed by atoms with Gasteiger partial charge in [0.25, 0.3) is 5.91 Å². The fraction of sp³-hybridized carbons (Fsp3) is 0.364. The Morgan fingerprint density at radius 1 is 1.07 bits per heavy atom. The van der Waals surface area contributed by atoms with Crippen molar-refractivity contribution in [2.45, 2.75) is 32.9 Å². The Kier molecular flexibility index (Phi) is 7.87. The zero-order chi connectivity index (χ0) is 20.5. The molecule has 0 aliphatic carbocycles. The van der Waals surface area contributed by atoms with E-state index in [-0.39, 0.29) is 18.4 Å². The molecule has 2 rings (SSSR count). The molecule has 150 valence electrons. The second-order valence-electron chi connectivity index (χ2n) is 6.43. The Balaban J connectivity index is 2.23. The molecule has 0 bridgehead atoms. The smallest absolute Gasteiger partial charge is 0.261 e. The maximum Gasteiger partial charge on any atom is 0.261 e. The van der Waals surface area contributed by atoms with Crippen LogP contribution in [0.2, 0.25) is 0 Å². The first-order valence-corrected chi connectivity index (χ1v) is 9.33. The minimum Gasteiger partial charge on any atom is -0.493 e. The Bertz CT molecular complexity index is 807. The average Bonchev–Trinajstić information content (AvgIpc) is 2.73. The molecule has 0 radical (unpaired) electrons. The molecule has 2 aromatic carbocycles. The molecule has 0 spiro atoms. The van der Waals surface area contributed by atoms with Gasteiger partial charge in [0.15, 0.2) is 18.1 Å². The number of nitrogens with zero attached hydrogens (tertiary/aromatic N) is 1. The summed E-state index contributed by atoms with van der Waals surface area (Å²) in [4.78, 5) is 27.0. The number of ether oxygens (including phenoxy) is 2. The molecule has 1 atom stereocenters. The molecule has 28 heavy (non-hydrogen) atoms. The van der Waals surface area contributed by atoms with Crippen LogP contribution in [0.4, 0.5) is 0 Å². The summed E-state index contributed by atoms with van der Waals surface area (Å²) in [5, 5.41) is 2.65. The van der Waals surface area contributed by atoms with Gasteiger partial charge in [0.05, 0.1) is 7.11 Å². The third kappa shape index (κ3) is 5.25. The first-order chi connectivity index (χ1) is 13.5. The third-order valence-corrected chi connectivity index (χ3v) is 4.65. The van der Waals surface area contributed by atoms with Crippen molar-refractivity contribution in [1.82, 2.24) is 10.2 Å². The topological polar surface area (TPSA) is 67.9 Å². The summed E-state index contributed by atoms with van der Waals surface area (Å²) in [6, 6.07) is 14.4. The van der Waals surface area contributed by atoms with Crippen molar-refractivity contribution in [3.05, 3.63) is 59.7 Å². The molecule has 0 heterocycles. The van der Waals surface area contributed by atoms with Crippen LogP contribution in [-0.2, 0) is 16.1 Å². The molecule has 1 N–H and O–H groups in total. The predicted octanol–water partition coefficient (Wildman–Crippen LogP) is 2.94. The molecule has 0 fully saturated rings. The molecule has 6 nitrogen and oxygen atoms in total. The van der Waals surface area contributed by atoms with Crippen molar-refractivity contribution in [2.75, 3.05) is 20.8 Å². The number of benzene rings is 2. The number of amides is 2. The molecule has 0 aromatic heterocycles. The van der Waals surface area contributed by atoms with E-state index >= 15 is 0 Å². The number of methoxy groups -OCH3 is 1. The average molecular weight is 384 g/mol. The highest BCUT2D eigenvalue weighted by atomic mass is 16.5. The number of aryl methyl sites for hydroxylation is 1. The van der Waals surface area contributed by atoms with E-state index in [4.69, 9.17) is 9.47 Å². The molecule has 0 unspecified atom stereocenters. The maximum atomic E-state index is 13.0. The summed E-state index contributed by atoms with van der Waals surface area (Å²) in [5.41, 5.74) is 2.06. The molecule has 0 saturated heterocycles. The van der Waals surface area contributed by atoms with Gasteiger partial charge in [-0.2, -0.15) is 0 Å². The van der Waals surface area contributed by atoms with Crippen LogP contribution in [0.15, 0.2) is 48.5 Å². The molecular formula is C22H28N2O4. The Labute approximate surface area is 166 Å². The number of likely N-dealkylation sites (N-methyl/N-ethyl adjacent to an activating group) is 1. The van der Waals surface area contributed by atoms with E-state index in [2.05, 4.69) is 5.32 Å². The van der Waals surface area contributed by atoms with Gasteiger partial charge in [-0.3, -0.25) is 9.59 Å². The van der Waals surface area contributed by atoms with Crippen molar-refractivity contribution in [3.8, 4) is 11.5 Å². The summed E-state index contributed by atoms with van der Waals surface area (Å²) in [5.74, 6) is 0.590. The van der Waals surface area contributed by atoms with Gasteiger partial charge in [-0.05, 0) is 36.6 Å². The normalized spacial score (nSPS) is 11.4. The summed E-state index contributed by atoms with van der Waals surface area (Å²) >= 11 is 0. The Morgan fingerprint density at radius 3 is 2.32 bits per heavy atom. The lowest BCUT2D eigenvalue weighted by Gasteiger charge is -2.30. The van der Waals surface area contributed by atoms with Crippen molar-refractivity contribution in [3.63, 3.8) is 0 Å². The molecule has 0 saturated carbocycles. The van der Waals surface area contributed by atoms with Crippen LogP contribution in [-0.4, -0.2) is 43.5 Å². The van der Waals surface area contributed by atoms with Crippen LogP contribution >= 0.6 is 0 Å². The van der Waals surface area contributed by atoms with Gasteiger partial charge in [-0.15, -0.1) is 0 Å². The van der Waals surface area contributed by atoms with Crippen LogP contribution in [0.5, 0.6) is 11.5 Å². The quantitative estimate of drug-likeness (QED) is 0.722. The molecular weight excluding hydrogens is 356 g/mol. The first-order valence-electron chi connectivity index (χ1n) is 9.33. The lowest BCUT2D eigenvalue weighted by atomic mass is 10.1. The van der Waals surface area contributed by atoms with Gasteiger partial charge in [0.1, 0.15) is 6.04 Å². The minimum atomic E-state index is -0.571. The van der Waals surface area contributed by atoms with E-state index in [1.165, 1.54) is 0 Å². The van der Waals surface area contributed by atoms with E-state index in [0.29, 0.717) is 24.5 Å². The second-order valence-corrected chi connectivity index (χ2v) is 6.43. The van der Waals surface area contributed by atoms with Gasteiger partial charge in [0, 0.05) is 13.6 Å². The van der Waals surface area contributed by atoms with Crippen LogP contribution < -0.4 is 14.8 Å². The fourth-order valence-corrected chi connectivity index (χ4v) is 3.02. The van der Waals surface area contributed by atoms with E-state index in [1.807, 2.05) is 50.2 Å². The zero-order valence-electron chi connectivity index (χ0n) is 16.9. The summed E-state index contributed by atoms with van der Waals surface area (Å²) in [6.07, 6.45) is 0.506. The van der Waals surface area contributed by atoms with E-state index in [1.54, 1.807) is 31.2 Å². The van der Waals surface area contributed by atoms with Crippen molar-refractivity contribution in [2.24, 2.45) is 0 Å². The second kappa shape index (κ2) is 10.3.